The zero-order valence-corrected chi connectivity index (χ0v) is 8.77. The maximum Gasteiger partial charge on any atom is 0.233 e. The van der Waals surface area contributed by atoms with Crippen molar-refractivity contribution in [2.24, 2.45) is 0 Å². The van der Waals surface area contributed by atoms with Crippen LogP contribution in [-0.2, 0) is 0 Å². The fourth-order valence-corrected chi connectivity index (χ4v) is 1.20. The average Bonchev–Trinajstić information content (AvgIpc) is 2.30. The van der Waals surface area contributed by atoms with Crippen molar-refractivity contribution in [3.8, 4) is 17.3 Å². The molecule has 0 aromatic carbocycles. The van der Waals surface area contributed by atoms with Crippen LogP contribution in [0.1, 0.15) is 0 Å². The van der Waals surface area contributed by atoms with E-state index in [4.69, 9.17) is 16.3 Å². The zero-order valence-electron chi connectivity index (χ0n) is 8.01. The topological polar surface area (TPSA) is 47.9 Å². The first-order valence-corrected chi connectivity index (χ1v) is 4.67. The number of nitrogens with zero attached hydrogens (tertiary/aromatic N) is 3. The monoisotopic (exact) mass is 221 g/mol. The number of ether oxygens (including phenoxy) is 1. The molecule has 0 aliphatic carbocycles. The van der Waals surface area contributed by atoms with E-state index in [1.807, 2.05) is 0 Å². The molecule has 0 aliphatic heterocycles. The lowest BCUT2D eigenvalue weighted by Gasteiger charge is -2.00. The standard InChI is InChI=1S/C10H8ClN3O/c1-15-10-5-4-9(13-14-10)8-3-2-7(11)6-12-8/h2-6H,1H3. The van der Waals surface area contributed by atoms with E-state index in [9.17, 15) is 0 Å². The first-order chi connectivity index (χ1) is 7.29. The Morgan fingerprint density at radius 1 is 1.07 bits per heavy atom. The molecule has 0 N–H and O–H groups in total. The van der Waals surface area contributed by atoms with Crippen LogP contribution >= 0.6 is 11.6 Å². The lowest BCUT2D eigenvalue weighted by atomic mass is 10.2. The molecule has 0 atom stereocenters. The van der Waals surface area contributed by atoms with Crippen molar-refractivity contribution < 1.29 is 4.74 Å². The SMILES string of the molecule is COc1ccc(-c2ccc(Cl)cn2)nn1. The van der Waals surface area contributed by atoms with Crippen molar-refractivity contribution in [1.29, 1.82) is 0 Å². The van der Waals surface area contributed by atoms with Crippen molar-refractivity contribution in [2.75, 3.05) is 7.11 Å². The number of halogens is 1. The van der Waals surface area contributed by atoms with Crippen LogP contribution in [0, 0.1) is 0 Å². The van der Waals surface area contributed by atoms with Crippen LogP contribution in [0.5, 0.6) is 5.88 Å². The van der Waals surface area contributed by atoms with E-state index >= 15 is 0 Å². The molecule has 2 heterocycles. The van der Waals surface area contributed by atoms with Crippen LogP contribution in [0.15, 0.2) is 30.5 Å². The van der Waals surface area contributed by atoms with Gasteiger partial charge in [0.25, 0.3) is 0 Å². The summed E-state index contributed by atoms with van der Waals surface area (Å²) in [6, 6.07) is 7.08. The maximum atomic E-state index is 5.73. The quantitative estimate of drug-likeness (QED) is 0.780. The smallest absolute Gasteiger partial charge is 0.233 e. The van der Waals surface area contributed by atoms with E-state index in [0.717, 1.165) is 5.69 Å². The normalized spacial score (nSPS) is 10.0. The molecular formula is C10H8ClN3O. The molecule has 0 saturated carbocycles. The number of hydrogen-bond donors (Lipinski definition) is 0. The minimum Gasteiger partial charge on any atom is -0.480 e. The fraction of sp³-hybridized carbons (Fsp3) is 0.100. The molecule has 5 heteroatoms. The van der Waals surface area contributed by atoms with Gasteiger partial charge in [-0.15, -0.1) is 10.2 Å². The van der Waals surface area contributed by atoms with Crippen LogP contribution in [-0.4, -0.2) is 22.3 Å². The molecule has 4 nitrogen and oxygen atoms in total. The molecule has 0 fully saturated rings. The Hall–Kier alpha value is -1.68. The van der Waals surface area contributed by atoms with Gasteiger partial charge in [0.05, 0.1) is 17.8 Å². The first kappa shape index (κ1) is 9.86. The third-order valence-corrected chi connectivity index (χ3v) is 2.06. The van der Waals surface area contributed by atoms with Crippen LogP contribution < -0.4 is 4.74 Å². The van der Waals surface area contributed by atoms with Crippen molar-refractivity contribution in [3.05, 3.63) is 35.5 Å². The second-order valence-corrected chi connectivity index (χ2v) is 3.26. The molecule has 0 unspecified atom stereocenters. The summed E-state index contributed by atoms with van der Waals surface area (Å²) in [5.41, 5.74) is 1.42. The fourth-order valence-electron chi connectivity index (χ4n) is 1.09. The minimum atomic E-state index is 0.479. The Balaban J connectivity index is 2.33. The molecular weight excluding hydrogens is 214 g/mol. The summed E-state index contributed by atoms with van der Waals surface area (Å²) < 4.78 is 4.91. The molecule has 0 amide bonds. The highest BCUT2D eigenvalue weighted by Crippen LogP contribution is 2.16. The van der Waals surface area contributed by atoms with Crippen LogP contribution in [0.25, 0.3) is 11.4 Å². The Morgan fingerprint density at radius 2 is 1.87 bits per heavy atom. The van der Waals surface area contributed by atoms with Crippen LogP contribution in [0.2, 0.25) is 5.02 Å². The van der Waals surface area contributed by atoms with Crippen LogP contribution in [0.4, 0.5) is 0 Å². The van der Waals surface area contributed by atoms with E-state index in [-0.39, 0.29) is 0 Å². The molecule has 0 aliphatic rings. The largest absolute Gasteiger partial charge is 0.480 e. The number of hydrogen-bond acceptors (Lipinski definition) is 4. The van der Waals surface area contributed by atoms with Gasteiger partial charge in [-0.1, -0.05) is 11.6 Å². The Bertz CT molecular complexity index is 441. The predicted molar refractivity (Wildman–Crippen MR) is 56.8 cm³/mol. The highest BCUT2D eigenvalue weighted by molar-refractivity contribution is 6.30. The van der Waals surface area contributed by atoms with Crippen molar-refractivity contribution in [3.63, 3.8) is 0 Å². The highest BCUT2D eigenvalue weighted by atomic mass is 35.5. The highest BCUT2D eigenvalue weighted by Gasteiger charge is 2.01. The molecule has 0 bridgehead atoms. The predicted octanol–water partition coefficient (Wildman–Crippen LogP) is 2.20. The molecule has 0 saturated heterocycles. The molecule has 76 valence electrons. The molecule has 2 rings (SSSR count). The van der Waals surface area contributed by atoms with E-state index in [1.54, 1.807) is 37.6 Å². The van der Waals surface area contributed by atoms with Crippen LogP contribution in [0.3, 0.4) is 0 Å². The van der Waals surface area contributed by atoms with E-state index < -0.39 is 0 Å². The molecule has 2 aromatic rings. The summed E-state index contributed by atoms with van der Waals surface area (Å²) >= 11 is 5.73. The van der Waals surface area contributed by atoms with Gasteiger partial charge in [-0.2, -0.15) is 0 Å². The molecule has 2 aromatic heterocycles. The number of aromatic nitrogens is 3. The minimum absolute atomic E-state index is 0.479. The summed E-state index contributed by atoms with van der Waals surface area (Å²) in [4.78, 5) is 4.13. The van der Waals surface area contributed by atoms with Gasteiger partial charge in [-0.25, -0.2) is 0 Å². The summed E-state index contributed by atoms with van der Waals surface area (Å²) in [6.45, 7) is 0. The first-order valence-electron chi connectivity index (χ1n) is 4.29. The summed E-state index contributed by atoms with van der Waals surface area (Å²) in [7, 11) is 1.55. The van der Waals surface area contributed by atoms with Gasteiger partial charge < -0.3 is 4.74 Å². The van der Waals surface area contributed by atoms with Gasteiger partial charge in [0.15, 0.2) is 0 Å². The summed E-state index contributed by atoms with van der Waals surface area (Å²) in [5, 5.41) is 8.42. The van der Waals surface area contributed by atoms with Gasteiger partial charge in [0, 0.05) is 12.3 Å². The lowest BCUT2D eigenvalue weighted by Crippen LogP contribution is -1.93. The zero-order chi connectivity index (χ0) is 10.7. The number of methoxy groups -OCH3 is 1. The van der Waals surface area contributed by atoms with Gasteiger partial charge in [-0.3, -0.25) is 4.98 Å². The average molecular weight is 222 g/mol. The molecule has 15 heavy (non-hydrogen) atoms. The van der Waals surface area contributed by atoms with Crippen molar-refractivity contribution >= 4 is 11.6 Å². The Kier molecular flexibility index (Phi) is 2.78. The molecule has 0 radical (unpaired) electrons. The Morgan fingerprint density at radius 3 is 2.40 bits per heavy atom. The van der Waals surface area contributed by atoms with Crippen molar-refractivity contribution in [1.82, 2.24) is 15.2 Å². The molecule has 0 spiro atoms. The van der Waals surface area contributed by atoms with E-state index in [2.05, 4.69) is 15.2 Å². The van der Waals surface area contributed by atoms with Gasteiger partial charge in [0.2, 0.25) is 5.88 Å². The van der Waals surface area contributed by atoms with Gasteiger partial charge >= 0.3 is 0 Å². The maximum absolute atomic E-state index is 5.73. The summed E-state index contributed by atoms with van der Waals surface area (Å²) in [5.74, 6) is 0.479. The third-order valence-electron chi connectivity index (χ3n) is 1.84. The van der Waals surface area contributed by atoms with E-state index in [1.165, 1.54) is 0 Å². The Labute approximate surface area is 91.9 Å². The lowest BCUT2D eigenvalue weighted by molar-refractivity contribution is 0.392. The summed E-state index contributed by atoms with van der Waals surface area (Å²) in [6.07, 6.45) is 1.57. The second-order valence-electron chi connectivity index (χ2n) is 2.82. The second kappa shape index (κ2) is 4.23. The van der Waals surface area contributed by atoms with E-state index in [0.29, 0.717) is 16.6 Å². The number of rotatable bonds is 2. The van der Waals surface area contributed by atoms with Gasteiger partial charge in [0.1, 0.15) is 5.69 Å². The van der Waals surface area contributed by atoms with Crippen molar-refractivity contribution in [2.45, 2.75) is 0 Å². The number of pyridine rings is 1. The third kappa shape index (κ3) is 2.22. The van der Waals surface area contributed by atoms with Gasteiger partial charge in [-0.05, 0) is 18.2 Å².